The zero-order valence-electron chi connectivity index (χ0n) is 11.7. The number of aryl methyl sites for hydroxylation is 1. The van der Waals surface area contributed by atoms with E-state index in [2.05, 4.69) is 22.6 Å². The molecule has 0 radical (unpaired) electrons. The average molecular weight is 387 g/mol. The molecule has 0 saturated carbocycles. The van der Waals surface area contributed by atoms with Gasteiger partial charge >= 0.3 is 5.97 Å². The first kappa shape index (κ1) is 15.3. The van der Waals surface area contributed by atoms with E-state index in [-0.39, 0.29) is 11.9 Å². The number of esters is 1. The minimum atomic E-state index is -0.432. The Kier molecular flexibility index (Phi) is 5.01. The summed E-state index contributed by atoms with van der Waals surface area (Å²) in [5, 5.41) is 0. The van der Waals surface area contributed by atoms with E-state index in [0.29, 0.717) is 25.1 Å². The molecule has 1 aromatic rings. The van der Waals surface area contributed by atoms with Gasteiger partial charge in [0.2, 0.25) is 0 Å². The Labute approximate surface area is 132 Å². The molecule has 1 unspecified atom stereocenters. The normalized spacial score (nSPS) is 18.1. The van der Waals surface area contributed by atoms with Crippen molar-refractivity contribution in [3.63, 3.8) is 0 Å². The molecule has 0 spiro atoms. The predicted molar refractivity (Wildman–Crippen MR) is 84.6 cm³/mol. The Balaban J connectivity index is 2.23. The van der Waals surface area contributed by atoms with E-state index in [1.807, 2.05) is 25.1 Å². The van der Waals surface area contributed by atoms with E-state index >= 15 is 0 Å². The van der Waals surface area contributed by atoms with Crippen LogP contribution in [0.1, 0.15) is 35.7 Å². The molecule has 2 rings (SSSR count). The minimum Gasteiger partial charge on any atom is -0.464 e. The van der Waals surface area contributed by atoms with Crippen molar-refractivity contribution in [2.24, 2.45) is 0 Å². The van der Waals surface area contributed by atoms with Crippen LogP contribution in [0.25, 0.3) is 0 Å². The van der Waals surface area contributed by atoms with Gasteiger partial charge in [-0.1, -0.05) is 12.1 Å². The van der Waals surface area contributed by atoms with Crippen molar-refractivity contribution in [2.75, 3.05) is 13.2 Å². The summed E-state index contributed by atoms with van der Waals surface area (Å²) in [4.78, 5) is 26.2. The molecule has 0 bridgehead atoms. The maximum Gasteiger partial charge on any atom is 0.328 e. The van der Waals surface area contributed by atoms with E-state index in [1.54, 1.807) is 11.8 Å². The van der Waals surface area contributed by atoms with Crippen molar-refractivity contribution < 1.29 is 14.3 Å². The molecular weight excluding hydrogens is 369 g/mol. The first-order valence-corrected chi connectivity index (χ1v) is 7.86. The lowest BCUT2D eigenvalue weighted by Crippen LogP contribution is -2.41. The van der Waals surface area contributed by atoms with Gasteiger partial charge < -0.3 is 9.64 Å². The third-order valence-electron chi connectivity index (χ3n) is 3.49. The molecule has 5 heteroatoms. The molecule has 0 aliphatic carbocycles. The van der Waals surface area contributed by atoms with Gasteiger partial charge in [0.1, 0.15) is 6.04 Å². The summed E-state index contributed by atoms with van der Waals surface area (Å²) in [6, 6.07) is 5.24. The molecular formula is C15H18INO3. The monoisotopic (exact) mass is 387 g/mol. The zero-order valence-corrected chi connectivity index (χ0v) is 13.8. The van der Waals surface area contributed by atoms with Gasteiger partial charge in [-0.15, -0.1) is 0 Å². The van der Waals surface area contributed by atoms with Crippen LogP contribution in [0.15, 0.2) is 18.2 Å². The van der Waals surface area contributed by atoms with Crippen LogP contribution in [-0.2, 0) is 9.53 Å². The maximum atomic E-state index is 12.7. The van der Waals surface area contributed by atoms with Gasteiger partial charge in [0, 0.05) is 10.1 Å². The highest BCUT2D eigenvalue weighted by Gasteiger charge is 2.36. The molecule has 1 amide bonds. The third kappa shape index (κ3) is 2.97. The Morgan fingerprint density at radius 1 is 1.45 bits per heavy atom. The fraction of sp³-hybridized carbons (Fsp3) is 0.467. The largest absolute Gasteiger partial charge is 0.464 e. The molecule has 108 valence electrons. The Hall–Kier alpha value is -1.11. The molecule has 1 aliphatic heterocycles. The second kappa shape index (κ2) is 6.56. The predicted octanol–water partition coefficient (Wildman–Crippen LogP) is 2.77. The lowest BCUT2D eigenvalue weighted by molar-refractivity contribution is -0.147. The quantitative estimate of drug-likeness (QED) is 0.592. The van der Waals surface area contributed by atoms with E-state index < -0.39 is 6.04 Å². The fourth-order valence-corrected chi connectivity index (χ4v) is 3.05. The molecule has 1 saturated heterocycles. The lowest BCUT2D eigenvalue weighted by atomic mass is 10.1. The van der Waals surface area contributed by atoms with Gasteiger partial charge in [-0.3, -0.25) is 4.79 Å². The first-order valence-electron chi connectivity index (χ1n) is 6.79. The van der Waals surface area contributed by atoms with Gasteiger partial charge in [0.05, 0.1) is 12.2 Å². The highest BCUT2D eigenvalue weighted by Crippen LogP contribution is 2.24. The second-order valence-corrected chi connectivity index (χ2v) is 5.92. The molecule has 1 atom stereocenters. The van der Waals surface area contributed by atoms with E-state index in [4.69, 9.17) is 4.74 Å². The van der Waals surface area contributed by atoms with Crippen molar-refractivity contribution in [1.82, 2.24) is 4.90 Å². The number of ether oxygens (including phenoxy) is 1. The van der Waals surface area contributed by atoms with Crippen molar-refractivity contribution >= 4 is 34.5 Å². The number of carbonyl (C=O) groups excluding carboxylic acids is 2. The summed E-state index contributed by atoms with van der Waals surface area (Å²) >= 11 is 2.18. The number of benzene rings is 1. The number of likely N-dealkylation sites (tertiary alicyclic amines) is 1. The van der Waals surface area contributed by atoms with E-state index in [9.17, 15) is 9.59 Å². The topological polar surface area (TPSA) is 46.6 Å². The van der Waals surface area contributed by atoms with Crippen LogP contribution in [0.2, 0.25) is 0 Å². The number of carbonyl (C=O) groups is 2. The third-order valence-corrected chi connectivity index (χ3v) is 4.93. The summed E-state index contributed by atoms with van der Waals surface area (Å²) in [5.41, 5.74) is 1.74. The van der Waals surface area contributed by atoms with Crippen LogP contribution in [0, 0.1) is 10.5 Å². The van der Waals surface area contributed by atoms with Crippen LogP contribution in [0.5, 0.6) is 0 Å². The van der Waals surface area contributed by atoms with Gasteiger partial charge in [0.15, 0.2) is 0 Å². The summed E-state index contributed by atoms with van der Waals surface area (Å²) in [7, 11) is 0. The van der Waals surface area contributed by atoms with Crippen molar-refractivity contribution in [1.29, 1.82) is 0 Å². The molecule has 1 fully saturated rings. The van der Waals surface area contributed by atoms with Crippen molar-refractivity contribution in [3.05, 3.63) is 32.9 Å². The Morgan fingerprint density at radius 3 is 2.90 bits per heavy atom. The fourth-order valence-electron chi connectivity index (χ4n) is 2.46. The maximum absolute atomic E-state index is 12.7. The SMILES string of the molecule is CCOC(=O)C1CCCN1C(=O)c1cccc(C)c1I. The number of hydrogen-bond acceptors (Lipinski definition) is 3. The number of hydrogen-bond donors (Lipinski definition) is 0. The van der Waals surface area contributed by atoms with Gasteiger partial charge in [-0.2, -0.15) is 0 Å². The lowest BCUT2D eigenvalue weighted by Gasteiger charge is -2.23. The number of nitrogens with zero attached hydrogens (tertiary/aromatic N) is 1. The van der Waals surface area contributed by atoms with Gasteiger partial charge in [0.25, 0.3) is 5.91 Å². The molecule has 1 aromatic carbocycles. The molecule has 20 heavy (non-hydrogen) atoms. The highest BCUT2D eigenvalue weighted by atomic mass is 127. The standard InChI is InChI=1S/C15H18INO3/c1-3-20-15(19)12-8-5-9-17(12)14(18)11-7-4-6-10(2)13(11)16/h4,6-7,12H,3,5,8-9H2,1-2H3. The van der Waals surface area contributed by atoms with Crippen LogP contribution >= 0.6 is 22.6 Å². The molecule has 0 N–H and O–H groups in total. The number of amides is 1. The highest BCUT2D eigenvalue weighted by molar-refractivity contribution is 14.1. The van der Waals surface area contributed by atoms with Crippen LogP contribution in [-0.4, -0.2) is 36.0 Å². The first-order chi connectivity index (χ1) is 9.56. The summed E-state index contributed by atoms with van der Waals surface area (Å²) in [6.07, 6.45) is 1.53. The summed E-state index contributed by atoms with van der Waals surface area (Å²) in [6.45, 7) is 4.72. The summed E-state index contributed by atoms with van der Waals surface area (Å²) in [5.74, 6) is -0.366. The Bertz CT molecular complexity index is 530. The molecule has 1 heterocycles. The number of rotatable bonds is 3. The Morgan fingerprint density at radius 2 is 2.20 bits per heavy atom. The zero-order chi connectivity index (χ0) is 14.7. The van der Waals surface area contributed by atoms with Crippen LogP contribution < -0.4 is 0 Å². The van der Waals surface area contributed by atoms with Gasteiger partial charge in [-0.25, -0.2) is 4.79 Å². The minimum absolute atomic E-state index is 0.0753. The summed E-state index contributed by atoms with van der Waals surface area (Å²) < 4.78 is 6.01. The van der Waals surface area contributed by atoms with Crippen molar-refractivity contribution in [2.45, 2.75) is 32.7 Å². The van der Waals surface area contributed by atoms with Crippen LogP contribution in [0.4, 0.5) is 0 Å². The average Bonchev–Trinajstić information content (AvgIpc) is 2.91. The van der Waals surface area contributed by atoms with Crippen molar-refractivity contribution in [3.8, 4) is 0 Å². The smallest absolute Gasteiger partial charge is 0.328 e. The second-order valence-electron chi connectivity index (χ2n) is 4.85. The van der Waals surface area contributed by atoms with E-state index in [1.165, 1.54) is 0 Å². The molecule has 0 aromatic heterocycles. The molecule has 4 nitrogen and oxygen atoms in total. The van der Waals surface area contributed by atoms with Crippen LogP contribution in [0.3, 0.4) is 0 Å². The van der Waals surface area contributed by atoms with Gasteiger partial charge in [-0.05, 0) is 60.9 Å². The van der Waals surface area contributed by atoms with E-state index in [0.717, 1.165) is 15.6 Å². The number of halogens is 1. The molecule has 1 aliphatic rings.